The number of rotatable bonds is 32. The third-order valence-electron chi connectivity index (χ3n) is 14.7. The first-order valence-electron chi connectivity index (χ1n) is 26.4. The van der Waals surface area contributed by atoms with Crippen LogP contribution in [0.25, 0.3) is 0 Å². The first-order chi connectivity index (χ1) is 35.1. The molecular formula is C56H87N7O11. The van der Waals surface area contributed by atoms with Crippen LogP contribution in [0.3, 0.4) is 0 Å². The van der Waals surface area contributed by atoms with Gasteiger partial charge in [0.15, 0.2) is 0 Å². The third kappa shape index (κ3) is 18.3. The number of unbranched alkanes of at least 4 members (excludes halogenated alkanes) is 2. The van der Waals surface area contributed by atoms with Crippen molar-refractivity contribution in [3.63, 3.8) is 0 Å². The number of carboxylic acids is 1. The van der Waals surface area contributed by atoms with E-state index >= 15 is 0 Å². The molecule has 7 amide bonds. The smallest absolute Gasteiger partial charge is 0.326 e. The summed E-state index contributed by atoms with van der Waals surface area (Å²) in [6, 6.07) is 5.12. The molecule has 74 heavy (non-hydrogen) atoms. The molecule has 18 heteroatoms. The van der Waals surface area contributed by atoms with Crippen LogP contribution in [-0.2, 0) is 54.3 Å². The molecule has 0 aromatic heterocycles. The number of nitrogens with zero attached hydrogens (tertiary/aromatic N) is 5. The summed E-state index contributed by atoms with van der Waals surface area (Å²) in [5, 5.41) is 15.5. The van der Waals surface area contributed by atoms with E-state index in [1.54, 1.807) is 35.7 Å². The number of hydrogen-bond acceptors (Lipinski definition) is 11. The van der Waals surface area contributed by atoms with Gasteiger partial charge in [-0.2, -0.15) is 0 Å². The van der Waals surface area contributed by atoms with Crippen molar-refractivity contribution in [2.24, 2.45) is 23.7 Å². The van der Waals surface area contributed by atoms with Crippen molar-refractivity contribution < 1.29 is 52.9 Å². The highest BCUT2D eigenvalue weighted by atomic mass is 16.5. The molecule has 2 heterocycles. The Labute approximate surface area is 440 Å². The Morgan fingerprint density at radius 1 is 0.878 bits per heavy atom. The molecule has 3 rings (SSSR count). The van der Waals surface area contributed by atoms with Crippen LogP contribution in [0.1, 0.15) is 112 Å². The zero-order valence-corrected chi connectivity index (χ0v) is 46.2. The van der Waals surface area contributed by atoms with Crippen LogP contribution in [-0.4, -0.2) is 170 Å². The molecule has 9 atom stereocenters. The van der Waals surface area contributed by atoms with Crippen LogP contribution in [0.2, 0.25) is 0 Å². The molecule has 3 N–H and O–H groups in total. The minimum absolute atomic E-state index is 0.0312. The molecule has 2 aliphatic heterocycles. The summed E-state index contributed by atoms with van der Waals surface area (Å²) in [6.45, 7) is 14.5. The second-order valence-electron chi connectivity index (χ2n) is 20.4. The van der Waals surface area contributed by atoms with Crippen LogP contribution < -0.4 is 15.5 Å². The Kier molecular flexibility index (Phi) is 26.4. The average molecular weight is 1030 g/mol. The lowest BCUT2D eigenvalue weighted by Crippen LogP contribution is -2.55. The number of allylic oxidation sites excluding steroid dienone is 4. The second kappa shape index (κ2) is 31.2. The SMILES string of the molecule is C/C=C\C=C/C(C)C[C@H](NC(=O)[C@H](C)[C@@H](OC)[C@@H]1CCCN1C(=O)CC(OC)C(C(C)CC)N(C)C(=O)CNC(=O)C(C(C)C)N(C)CCc1ccc(N(C)C(=O)CCCCCN2C(=O)C=CC2=O)cc1)C(=O)O. The molecule has 5 unspecified atom stereocenters. The van der Waals surface area contributed by atoms with Gasteiger partial charge in [0, 0.05) is 72.2 Å². The first-order valence-corrected chi connectivity index (χ1v) is 26.4. The van der Waals surface area contributed by atoms with Gasteiger partial charge in [-0.05, 0) is 87.9 Å². The van der Waals surface area contributed by atoms with Crippen molar-refractivity contribution in [2.45, 2.75) is 149 Å². The van der Waals surface area contributed by atoms with E-state index < -0.39 is 54.2 Å². The van der Waals surface area contributed by atoms with Gasteiger partial charge in [-0.1, -0.05) is 90.8 Å². The molecule has 0 aliphatic carbocycles. The topological polar surface area (TPSA) is 216 Å². The highest BCUT2D eigenvalue weighted by Crippen LogP contribution is 2.30. The number of benzene rings is 1. The van der Waals surface area contributed by atoms with E-state index in [1.165, 1.54) is 31.3 Å². The van der Waals surface area contributed by atoms with Crippen molar-refractivity contribution >= 4 is 53.0 Å². The largest absolute Gasteiger partial charge is 0.480 e. The minimum Gasteiger partial charge on any atom is -0.480 e. The minimum atomic E-state index is -1.13. The molecule has 1 saturated heterocycles. The van der Waals surface area contributed by atoms with E-state index in [1.807, 2.05) is 102 Å². The number of carbonyl (C=O) groups is 8. The molecule has 0 saturated carbocycles. The third-order valence-corrected chi connectivity index (χ3v) is 14.7. The molecule has 1 aromatic carbocycles. The lowest BCUT2D eigenvalue weighted by molar-refractivity contribution is -0.147. The average Bonchev–Trinajstić information content (AvgIpc) is 3.99. The number of ether oxygens (including phenoxy) is 2. The van der Waals surface area contributed by atoms with E-state index in [4.69, 9.17) is 9.47 Å². The van der Waals surface area contributed by atoms with Crippen molar-refractivity contribution in [2.75, 3.05) is 66.4 Å². The second-order valence-corrected chi connectivity index (χ2v) is 20.4. The van der Waals surface area contributed by atoms with Gasteiger partial charge in [0.05, 0.1) is 49.2 Å². The number of carbonyl (C=O) groups excluding carboxylic acids is 7. The molecular weight excluding hydrogens is 947 g/mol. The number of hydrogen-bond donors (Lipinski definition) is 3. The predicted molar refractivity (Wildman–Crippen MR) is 286 cm³/mol. The molecule has 1 fully saturated rings. The van der Waals surface area contributed by atoms with Gasteiger partial charge in [0.1, 0.15) is 6.04 Å². The first kappa shape index (κ1) is 62.6. The van der Waals surface area contributed by atoms with Crippen molar-refractivity contribution in [1.29, 1.82) is 0 Å². The van der Waals surface area contributed by atoms with Crippen molar-refractivity contribution in [3.05, 3.63) is 66.3 Å². The van der Waals surface area contributed by atoms with Gasteiger partial charge >= 0.3 is 5.97 Å². The van der Waals surface area contributed by atoms with E-state index in [-0.39, 0.29) is 72.6 Å². The van der Waals surface area contributed by atoms with Gasteiger partial charge in [0.2, 0.25) is 29.5 Å². The van der Waals surface area contributed by atoms with E-state index in [0.29, 0.717) is 71.0 Å². The summed E-state index contributed by atoms with van der Waals surface area (Å²) in [7, 11) is 8.29. The normalized spacial score (nSPS) is 18.2. The van der Waals surface area contributed by atoms with Gasteiger partial charge in [0.25, 0.3) is 11.8 Å². The zero-order valence-electron chi connectivity index (χ0n) is 46.2. The molecule has 1 aromatic rings. The van der Waals surface area contributed by atoms with E-state index in [9.17, 15) is 43.5 Å². The molecule has 2 aliphatic rings. The summed E-state index contributed by atoms with van der Waals surface area (Å²) in [5.74, 6) is -4.12. The molecule has 0 bridgehead atoms. The number of amides is 7. The number of nitrogens with one attached hydrogen (secondary N) is 2. The van der Waals surface area contributed by atoms with Crippen LogP contribution >= 0.6 is 0 Å². The number of methoxy groups -OCH3 is 2. The summed E-state index contributed by atoms with van der Waals surface area (Å²) < 4.78 is 11.9. The van der Waals surface area contributed by atoms with Gasteiger partial charge in [-0.15, -0.1) is 0 Å². The number of carboxylic acid groups (broad SMARTS) is 1. The summed E-state index contributed by atoms with van der Waals surface area (Å²) in [4.78, 5) is 112. The Bertz CT molecular complexity index is 2110. The maximum atomic E-state index is 14.3. The molecule has 0 spiro atoms. The summed E-state index contributed by atoms with van der Waals surface area (Å²) in [6.07, 6.45) is 13.7. The van der Waals surface area contributed by atoms with E-state index in [2.05, 4.69) is 10.6 Å². The molecule has 18 nitrogen and oxygen atoms in total. The zero-order chi connectivity index (χ0) is 55.2. The fourth-order valence-electron chi connectivity index (χ4n) is 10.1. The summed E-state index contributed by atoms with van der Waals surface area (Å²) >= 11 is 0. The van der Waals surface area contributed by atoms with E-state index in [0.717, 1.165) is 11.3 Å². The van der Waals surface area contributed by atoms with Crippen LogP contribution in [0.5, 0.6) is 0 Å². The number of anilines is 1. The lowest BCUT2D eigenvalue weighted by Gasteiger charge is -2.39. The fourth-order valence-corrected chi connectivity index (χ4v) is 10.1. The standard InChI is InChI=1S/C56H87N7O11/c1-13-15-17-21-38(5)34-43(56(71)72)58-54(69)40(7)53(74-12)44-22-20-32-62(44)49(67)35-45(73-11)52(39(6)14-2)61(10)50(68)36-57-55(70)51(37(3)4)59(8)33-30-41-24-26-42(27-25-41)60(9)46(64)23-18-16-19-31-63-47(65)28-29-48(63)66/h13,15,17,21,24-29,37-40,43-45,51-53H,14,16,18-20,22-23,30-36H2,1-12H3,(H,57,70)(H,58,69)(H,71,72)/b15-13-,21-17-/t38?,39?,40-,43+,44+,45?,51?,52?,53-/m1/s1. The highest BCUT2D eigenvalue weighted by Gasteiger charge is 2.43. The van der Waals surface area contributed by atoms with Crippen molar-refractivity contribution in [1.82, 2.24) is 30.2 Å². The summed E-state index contributed by atoms with van der Waals surface area (Å²) in [5.41, 5.74) is 1.79. The van der Waals surface area contributed by atoms with Gasteiger partial charge < -0.3 is 39.9 Å². The van der Waals surface area contributed by atoms with Crippen LogP contribution in [0.4, 0.5) is 5.69 Å². The molecule has 0 radical (unpaired) electrons. The monoisotopic (exact) mass is 1030 g/mol. The predicted octanol–water partition coefficient (Wildman–Crippen LogP) is 5.40. The van der Waals surface area contributed by atoms with Crippen molar-refractivity contribution in [3.8, 4) is 0 Å². The Balaban J connectivity index is 1.58. The van der Waals surface area contributed by atoms with Crippen LogP contribution in [0.15, 0.2) is 60.7 Å². The quantitative estimate of drug-likeness (QED) is 0.0470. The number of imide groups is 1. The van der Waals surface area contributed by atoms with Gasteiger partial charge in [-0.25, -0.2) is 4.79 Å². The number of likely N-dealkylation sites (N-methyl/N-ethyl adjacent to an activating group) is 2. The Morgan fingerprint density at radius 3 is 2.12 bits per heavy atom. The lowest BCUT2D eigenvalue weighted by atomic mass is 9.90. The number of aliphatic carboxylic acids is 1. The maximum absolute atomic E-state index is 14.3. The van der Waals surface area contributed by atoms with Gasteiger partial charge in [-0.3, -0.25) is 43.4 Å². The molecule has 412 valence electrons. The fraction of sp³-hybridized carbons (Fsp3) is 0.643. The van der Waals surface area contributed by atoms with Crippen LogP contribution in [0, 0.1) is 23.7 Å². The highest BCUT2D eigenvalue weighted by molar-refractivity contribution is 6.12. The maximum Gasteiger partial charge on any atom is 0.326 e. The number of likely N-dealkylation sites (tertiary alicyclic amines) is 1. The Morgan fingerprint density at radius 2 is 1.54 bits per heavy atom. The Hall–Kier alpha value is -5.72.